The van der Waals surface area contributed by atoms with Crippen LogP contribution in [0.3, 0.4) is 0 Å². The predicted molar refractivity (Wildman–Crippen MR) is 55.3 cm³/mol. The fraction of sp³-hybridized carbons (Fsp3) is 0.111. The van der Waals surface area contributed by atoms with Crippen molar-refractivity contribution in [2.75, 3.05) is 5.73 Å². The van der Waals surface area contributed by atoms with Crippen LogP contribution < -0.4 is 5.73 Å². The molecular weight excluding hydrogens is 210 g/mol. The summed E-state index contributed by atoms with van der Waals surface area (Å²) in [6.45, 7) is 1.68. The van der Waals surface area contributed by atoms with Gasteiger partial charge in [-0.15, -0.1) is 5.10 Å². The molecule has 1 aromatic carbocycles. The second-order valence-corrected chi connectivity index (χ2v) is 3.22. The standard InChI is InChI=1S/C9H9N5O2/c1-5-11-12-13-14(5)8-4-6(10)2-3-7(8)9(15)16/h2-4H,10H2,1H3,(H,15,16). The highest BCUT2D eigenvalue weighted by Crippen LogP contribution is 2.18. The second-order valence-electron chi connectivity index (χ2n) is 3.22. The van der Waals surface area contributed by atoms with Crippen molar-refractivity contribution in [1.29, 1.82) is 0 Å². The predicted octanol–water partition coefficient (Wildman–Crippen LogP) is 0.251. The molecule has 0 aliphatic carbocycles. The van der Waals surface area contributed by atoms with E-state index in [-0.39, 0.29) is 5.56 Å². The van der Waals surface area contributed by atoms with E-state index >= 15 is 0 Å². The minimum Gasteiger partial charge on any atom is -0.478 e. The molecule has 0 fully saturated rings. The number of benzene rings is 1. The number of aromatic nitrogens is 4. The van der Waals surface area contributed by atoms with Crippen molar-refractivity contribution in [1.82, 2.24) is 20.2 Å². The zero-order valence-corrected chi connectivity index (χ0v) is 8.45. The Morgan fingerprint density at radius 2 is 2.25 bits per heavy atom. The summed E-state index contributed by atoms with van der Waals surface area (Å²) in [5.74, 6) is -0.557. The van der Waals surface area contributed by atoms with E-state index in [1.807, 2.05) is 0 Å². The average Bonchev–Trinajstić information content (AvgIpc) is 2.63. The minimum atomic E-state index is -1.05. The van der Waals surface area contributed by atoms with Gasteiger partial charge in [0.1, 0.15) is 0 Å². The maximum absolute atomic E-state index is 11.0. The molecule has 0 radical (unpaired) electrons. The third-order valence-corrected chi connectivity index (χ3v) is 2.11. The lowest BCUT2D eigenvalue weighted by molar-refractivity contribution is 0.0697. The zero-order chi connectivity index (χ0) is 11.7. The molecular formula is C9H9N5O2. The summed E-state index contributed by atoms with van der Waals surface area (Å²) in [7, 11) is 0. The smallest absolute Gasteiger partial charge is 0.337 e. The minimum absolute atomic E-state index is 0.101. The summed E-state index contributed by atoms with van der Waals surface area (Å²) in [6.07, 6.45) is 0. The molecule has 2 rings (SSSR count). The number of hydrogen-bond acceptors (Lipinski definition) is 5. The van der Waals surface area contributed by atoms with Gasteiger partial charge < -0.3 is 10.8 Å². The molecule has 0 saturated heterocycles. The van der Waals surface area contributed by atoms with Gasteiger partial charge >= 0.3 is 5.97 Å². The van der Waals surface area contributed by atoms with E-state index in [9.17, 15) is 4.79 Å². The molecule has 0 amide bonds. The normalized spacial score (nSPS) is 10.3. The molecule has 0 atom stereocenters. The van der Waals surface area contributed by atoms with E-state index in [2.05, 4.69) is 15.5 Å². The van der Waals surface area contributed by atoms with Crippen LogP contribution in [-0.2, 0) is 0 Å². The Hall–Kier alpha value is -2.44. The Labute approximate surface area is 90.5 Å². The van der Waals surface area contributed by atoms with Crippen LogP contribution in [0.5, 0.6) is 0 Å². The molecule has 82 valence electrons. The molecule has 0 aliphatic rings. The maximum atomic E-state index is 11.0. The van der Waals surface area contributed by atoms with Crippen molar-refractivity contribution in [3.63, 3.8) is 0 Å². The van der Waals surface area contributed by atoms with Gasteiger partial charge in [0, 0.05) is 5.69 Å². The lowest BCUT2D eigenvalue weighted by atomic mass is 10.1. The Morgan fingerprint density at radius 3 is 2.81 bits per heavy atom. The lowest BCUT2D eigenvalue weighted by Crippen LogP contribution is -2.08. The van der Waals surface area contributed by atoms with E-state index in [1.165, 1.54) is 22.9 Å². The van der Waals surface area contributed by atoms with Gasteiger partial charge in [0.15, 0.2) is 5.82 Å². The van der Waals surface area contributed by atoms with Crippen LogP contribution in [-0.4, -0.2) is 31.3 Å². The van der Waals surface area contributed by atoms with Gasteiger partial charge in [-0.05, 0) is 35.5 Å². The third kappa shape index (κ3) is 1.58. The highest BCUT2D eigenvalue weighted by atomic mass is 16.4. The first-order valence-corrected chi connectivity index (χ1v) is 4.48. The number of carbonyl (C=O) groups is 1. The van der Waals surface area contributed by atoms with Crippen LogP contribution in [0.2, 0.25) is 0 Å². The molecule has 16 heavy (non-hydrogen) atoms. The van der Waals surface area contributed by atoms with E-state index in [1.54, 1.807) is 6.92 Å². The average molecular weight is 219 g/mol. The van der Waals surface area contributed by atoms with Crippen molar-refractivity contribution >= 4 is 11.7 Å². The van der Waals surface area contributed by atoms with Crippen molar-refractivity contribution in [2.45, 2.75) is 6.92 Å². The van der Waals surface area contributed by atoms with Gasteiger partial charge in [-0.25, -0.2) is 4.79 Å². The van der Waals surface area contributed by atoms with Gasteiger partial charge in [-0.1, -0.05) is 0 Å². The number of carboxylic acids is 1. The number of anilines is 1. The molecule has 0 aliphatic heterocycles. The number of aromatic carboxylic acids is 1. The summed E-state index contributed by atoms with van der Waals surface area (Å²) in [5.41, 5.74) is 6.52. The Bertz CT molecular complexity index is 549. The lowest BCUT2D eigenvalue weighted by Gasteiger charge is -2.06. The van der Waals surface area contributed by atoms with Gasteiger partial charge in [-0.2, -0.15) is 4.68 Å². The van der Waals surface area contributed by atoms with Crippen LogP contribution in [0.4, 0.5) is 5.69 Å². The van der Waals surface area contributed by atoms with Gasteiger partial charge in [0.25, 0.3) is 0 Å². The monoisotopic (exact) mass is 219 g/mol. The number of carboxylic acid groups (broad SMARTS) is 1. The quantitative estimate of drug-likeness (QED) is 0.701. The molecule has 0 saturated carbocycles. The third-order valence-electron chi connectivity index (χ3n) is 2.11. The number of aryl methyl sites for hydroxylation is 1. The van der Waals surface area contributed by atoms with Crippen molar-refractivity contribution < 1.29 is 9.90 Å². The van der Waals surface area contributed by atoms with Gasteiger partial charge in [-0.3, -0.25) is 0 Å². The highest BCUT2D eigenvalue weighted by Gasteiger charge is 2.14. The first-order valence-electron chi connectivity index (χ1n) is 4.48. The molecule has 3 N–H and O–H groups in total. The van der Waals surface area contributed by atoms with Crippen LogP contribution in [0.25, 0.3) is 5.69 Å². The zero-order valence-electron chi connectivity index (χ0n) is 8.45. The van der Waals surface area contributed by atoms with Crippen molar-refractivity contribution in [3.05, 3.63) is 29.6 Å². The summed E-state index contributed by atoms with van der Waals surface area (Å²) in [5, 5.41) is 19.9. The highest BCUT2D eigenvalue weighted by molar-refractivity contribution is 5.92. The van der Waals surface area contributed by atoms with Crippen LogP contribution in [0.1, 0.15) is 16.2 Å². The number of hydrogen-bond donors (Lipinski definition) is 2. The van der Waals surface area contributed by atoms with Gasteiger partial charge in [0.05, 0.1) is 11.3 Å². The van der Waals surface area contributed by atoms with Crippen molar-refractivity contribution in [2.24, 2.45) is 0 Å². The Morgan fingerprint density at radius 1 is 1.50 bits per heavy atom. The van der Waals surface area contributed by atoms with Crippen LogP contribution in [0.15, 0.2) is 18.2 Å². The van der Waals surface area contributed by atoms with E-state index < -0.39 is 5.97 Å². The maximum Gasteiger partial charge on any atom is 0.337 e. The number of tetrazole rings is 1. The van der Waals surface area contributed by atoms with Crippen LogP contribution >= 0.6 is 0 Å². The molecule has 0 bridgehead atoms. The Balaban J connectivity index is 2.67. The fourth-order valence-corrected chi connectivity index (χ4v) is 1.36. The topological polar surface area (TPSA) is 107 Å². The van der Waals surface area contributed by atoms with E-state index in [0.29, 0.717) is 17.2 Å². The first kappa shape index (κ1) is 10.1. The molecule has 0 spiro atoms. The molecule has 7 nitrogen and oxygen atoms in total. The number of nitrogen functional groups attached to an aromatic ring is 1. The summed E-state index contributed by atoms with van der Waals surface area (Å²) in [6, 6.07) is 4.47. The second kappa shape index (κ2) is 3.61. The summed E-state index contributed by atoms with van der Waals surface area (Å²) < 4.78 is 1.33. The largest absolute Gasteiger partial charge is 0.478 e. The van der Waals surface area contributed by atoms with E-state index in [0.717, 1.165) is 0 Å². The summed E-state index contributed by atoms with van der Waals surface area (Å²) in [4.78, 5) is 11.0. The molecule has 1 aromatic heterocycles. The van der Waals surface area contributed by atoms with Crippen molar-refractivity contribution in [3.8, 4) is 5.69 Å². The molecule has 1 heterocycles. The molecule has 0 unspecified atom stereocenters. The first-order chi connectivity index (χ1) is 7.59. The molecule has 2 aromatic rings. The summed E-state index contributed by atoms with van der Waals surface area (Å²) >= 11 is 0. The van der Waals surface area contributed by atoms with E-state index in [4.69, 9.17) is 10.8 Å². The van der Waals surface area contributed by atoms with Crippen LogP contribution in [0, 0.1) is 6.92 Å². The number of nitrogens with two attached hydrogens (primary N) is 1. The SMILES string of the molecule is Cc1nnnn1-c1cc(N)ccc1C(=O)O. The van der Waals surface area contributed by atoms with Gasteiger partial charge in [0.2, 0.25) is 0 Å². The number of nitrogens with zero attached hydrogens (tertiary/aromatic N) is 4. The number of rotatable bonds is 2. The Kier molecular flexibility index (Phi) is 2.28. The molecule has 7 heteroatoms. The fourth-order valence-electron chi connectivity index (χ4n) is 1.36.